The fraction of sp³-hybridized carbons (Fsp3) is 0.882. The van der Waals surface area contributed by atoms with Gasteiger partial charge in [-0.1, -0.05) is 92.0 Å². The quantitative estimate of drug-likeness (QED) is 0.289. The minimum atomic E-state index is -0.133. The zero-order valence-corrected chi connectivity index (χ0v) is 26.3. The summed E-state index contributed by atoms with van der Waals surface area (Å²) in [5.74, 6) is 2.32. The number of allylic oxidation sites excluding steroid dienone is 3. The van der Waals surface area contributed by atoms with Crippen LogP contribution in [0.3, 0.4) is 0 Å². The second-order valence-corrected chi connectivity index (χ2v) is 12.4. The average molecular weight is 505 g/mol. The van der Waals surface area contributed by atoms with E-state index in [1.807, 2.05) is 59.6 Å². The number of unbranched alkanes of at least 4 members (excludes halogenated alkanes) is 1. The largest absolute Gasteiger partial charge is 0.393 e. The van der Waals surface area contributed by atoms with Crippen molar-refractivity contribution in [3.05, 3.63) is 22.8 Å². The highest BCUT2D eigenvalue weighted by Gasteiger charge is 2.58. The Balaban J connectivity index is 0.00000101. The summed E-state index contributed by atoms with van der Waals surface area (Å²) in [5.41, 5.74) is 5.69. The smallest absolute Gasteiger partial charge is 0.0639 e. The lowest BCUT2D eigenvalue weighted by atomic mass is 9.46. The first kappa shape index (κ1) is 33.4. The summed E-state index contributed by atoms with van der Waals surface area (Å²) in [6, 6.07) is 0. The fourth-order valence-corrected chi connectivity index (χ4v) is 8.64. The van der Waals surface area contributed by atoms with Gasteiger partial charge in [-0.3, -0.25) is 0 Å². The van der Waals surface area contributed by atoms with E-state index in [2.05, 4.69) is 33.8 Å². The Hall–Kier alpha value is -0.600. The molecule has 0 bridgehead atoms. The SMILES string of the molecule is C/C(=C\CCCC1CCC2C3=C(CCC12C)C1(C)CCC(O)C(C)(C)C1CC3)CO.CC.CC.CC. The Bertz CT molecular complexity index is 717. The second kappa shape index (κ2) is 14.5. The van der Waals surface area contributed by atoms with Crippen molar-refractivity contribution in [2.75, 3.05) is 6.61 Å². The molecule has 0 amide bonds. The molecule has 2 N–H and O–H groups in total. The molecule has 2 saturated carbocycles. The molecular weight excluding hydrogens is 440 g/mol. The Kier molecular flexibility index (Phi) is 13.5. The van der Waals surface area contributed by atoms with Crippen LogP contribution < -0.4 is 0 Å². The van der Waals surface area contributed by atoms with Crippen LogP contribution in [0.4, 0.5) is 0 Å². The van der Waals surface area contributed by atoms with Crippen molar-refractivity contribution in [3.8, 4) is 0 Å². The van der Waals surface area contributed by atoms with E-state index in [4.69, 9.17) is 0 Å². The minimum Gasteiger partial charge on any atom is -0.393 e. The predicted molar refractivity (Wildman–Crippen MR) is 159 cm³/mol. The molecule has 0 aromatic heterocycles. The first-order valence-electron chi connectivity index (χ1n) is 15.8. The number of rotatable bonds is 5. The van der Waals surface area contributed by atoms with E-state index >= 15 is 0 Å². The van der Waals surface area contributed by atoms with Crippen molar-refractivity contribution in [2.24, 2.45) is 34.0 Å². The normalized spacial score (nSPS) is 36.5. The molecule has 2 nitrogen and oxygen atoms in total. The van der Waals surface area contributed by atoms with Crippen molar-refractivity contribution >= 4 is 0 Å². The van der Waals surface area contributed by atoms with E-state index in [1.165, 1.54) is 57.8 Å². The van der Waals surface area contributed by atoms with Gasteiger partial charge < -0.3 is 10.2 Å². The molecule has 4 rings (SSSR count). The summed E-state index contributed by atoms with van der Waals surface area (Å²) < 4.78 is 0. The molecule has 0 aromatic carbocycles. The van der Waals surface area contributed by atoms with Crippen LogP contribution in [-0.4, -0.2) is 22.9 Å². The van der Waals surface area contributed by atoms with E-state index in [0.717, 1.165) is 30.3 Å². The molecule has 0 aliphatic heterocycles. The van der Waals surface area contributed by atoms with Gasteiger partial charge in [0.05, 0.1) is 12.7 Å². The number of hydrogen-bond donors (Lipinski definition) is 2. The van der Waals surface area contributed by atoms with Gasteiger partial charge in [-0.15, -0.1) is 0 Å². The second-order valence-electron chi connectivity index (χ2n) is 12.4. The lowest BCUT2D eigenvalue weighted by molar-refractivity contribution is -0.0928. The molecule has 2 heteroatoms. The van der Waals surface area contributed by atoms with Crippen LogP contribution in [-0.2, 0) is 0 Å². The maximum atomic E-state index is 10.7. The average Bonchev–Trinajstić information content (AvgIpc) is 3.24. The molecular formula is C34H64O2. The van der Waals surface area contributed by atoms with E-state index in [1.54, 1.807) is 0 Å². The Labute approximate surface area is 226 Å². The zero-order chi connectivity index (χ0) is 27.7. The van der Waals surface area contributed by atoms with Crippen molar-refractivity contribution in [2.45, 2.75) is 153 Å². The molecule has 0 radical (unpaired) electrons. The van der Waals surface area contributed by atoms with Gasteiger partial charge in [-0.05, 0) is 112 Å². The van der Waals surface area contributed by atoms with Crippen molar-refractivity contribution in [1.82, 2.24) is 0 Å². The van der Waals surface area contributed by atoms with E-state index in [9.17, 15) is 10.2 Å². The molecule has 4 aliphatic carbocycles. The topological polar surface area (TPSA) is 40.5 Å². The van der Waals surface area contributed by atoms with Crippen LogP contribution in [0.15, 0.2) is 22.8 Å². The van der Waals surface area contributed by atoms with Crippen molar-refractivity contribution in [3.63, 3.8) is 0 Å². The summed E-state index contributed by atoms with van der Waals surface area (Å²) in [6.45, 7) is 24.1. The van der Waals surface area contributed by atoms with Gasteiger partial charge in [0.2, 0.25) is 0 Å². The van der Waals surface area contributed by atoms with Gasteiger partial charge in [0.1, 0.15) is 0 Å². The number of fused-ring (bicyclic) bond motifs is 4. The van der Waals surface area contributed by atoms with E-state index < -0.39 is 0 Å². The third kappa shape index (κ3) is 6.33. The first-order chi connectivity index (χ1) is 17.1. The molecule has 212 valence electrons. The van der Waals surface area contributed by atoms with Crippen LogP contribution in [0.1, 0.15) is 147 Å². The van der Waals surface area contributed by atoms with Gasteiger partial charge in [0, 0.05) is 0 Å². The van der Waals surface area contributed by atoms with Crippen LogP contribution in [0.25, 0.3) is 0 Å². The summed E-state index contributed by atoms with van der Waals surface area (Å²) in [7, 11) is 0. The van der Waals surface area contributed by atoms with Crippen LogP contribution in [0, 0.1) is 34.0 Å². The van der Waals surface area contributed by atoms with Crippen LogP contribution >= 0.6 is 0 Å². The Morgan fingerprint density at radius 3 is 2.14 bits per heavy atom. The first-order valence-corrected chi connectivity index (χ1v) is 15.8. The highest BCUT2D eigenvalue weighted by Crippen LogP contribution is 2.67. The highest BCUT2D eigenvalue weighted by atomic mass is 16.3. The lowest BCUT2D eigenvalue weighted by Gasteiger charge is -2.59. The molecule has 0 heterocycles. The minimum absolute atomic E-state index is 0.0463. The third-order valence-corrected chi connectivity index (χ3v) is 10.6. The van der Waals surface area contributed by atoms with Gasteiger partial charge in [-0.2, -0.15) is 0 Å². The summed E-state index contributed by atoms with van der Waals surface area (Å²) in [6.07, 6.45) is 16.1. The van der Waals surface area contributed by atoms with Crippen LogP contribution in [0.2, 0.25) is 0 Å². The van der Waals surface area contributed by atoms with Crippen molar-refractivity contribution in [1.29, 1.82) is 0 Å². The van der Waals surface area contributed by atoms with E-state index in [-0.39, 0.29) is 18.1 Å². The summed E-state index contributed by atoms with van der Waals surface area (Å²) in [5, 5.41) is 19.9. The predicted octanol–water partition coefficient (Wildman–Crippen LogP) is 9.89. The highest BCUT2D eigenvalue weighted by molar-refractivity contribution is 5.35. The van der Waals surface area contributed by atoms with Gasteiger partial charge in [0.25, 0.3) is 0 Å². The molecule has 2 fully saturated rings. The third-order valence-electron chi connectivity index (χ3n) is 10.6. The molecule has 0 spiro atoms. The monoisotopic (exact) mass is 504 g/mol. The number of aliphatic hydroxyl groups excluding tert-OH is 2. The fourth-order valence-electron chi connectivity index (χ4n) is 8.64. The Morgan fingerprint density at radius 2 is 1.53 bits per heavy atom. The lowest BCUT2D eigenvalue weighted by Crippen LogP contribution is -2.53. The van der Waals surface area contributed by atoms with Gasteiger partial charge >= 0.3 is 0 Å². The molecule has 6 unspecified atom stereocenters. The van der Waals surface area contributed by atoms with Crippen molar-refractivity contribution < 1.29 is 10.2 Å². The summed E-state index contributed by atoms with van der Waals surface area (Å²) in [4.78, 5) is 0. The van der Waals surface area contributed by atoms with Gasteiger partial charge in [-0.25, -0.2) is 0 Å². The van der Waals surface area contributed by atoms with Gasteiger partial charge in [0.15, 0.2) is 0 Å². The number of hydrogen-bond acceptors (Lipinski definition) is 2. The Morgan fingerprint density at radius 1 is 0.889 bits per heavy atom. The molecule has 4 aliphatic rings. The molecule has 0 saturated heterocycles. The standard InChI is InChI=1S/C28H46O2.3C2H6/c1-19(18-29)8-6-7-9-20-10-12-22-21-11-13-24-26(2,3)25(30)15-17-28(24,5)23(21)14-16-27(20,22)4;3*1-2/h8,20,22,24-25,29-30H,6-7,9-18H2,1-5H3;3*1-2H3/b19-8+;;;. The molecule has 0 aromatic rings. The molecule has 6 atom stereocenters. The molecule has 36 heavy (non-hydrogen) atoms. The zero-order valence-electron chi connectivity index (χ0n) is 26.3. The summed E-state index contributed by atoms with van der Waals surface area (Å²) >= 11 is 0. The maximum absolute atomic E-state index is 10.7. The van der Waals surface area contributed by atoms with E-state index in [0.29, 0.717) is 16.7 Å². The maximum Gasteiger partial charge on any atom is 0.0639 e. The number of aliphatic hydroxyl groups is 2. The van der Waals surface area contributed by atoms with Crippen LogP contribution in [0.5, 0.6) is 0 Å².